The van der Waals surface area contributed by atoms with Crippen LogP contribution in [0.4, 0.5) is 5.88 Å². The van der Waals surface area contributed by atoms with E-state index in [2.05, 4.69) is 10.2 Å². The molecule has 0 amide bonds. The minimum absolute atomic E-state index is 0.232. The van der Waals surface area contributed by atoms with Crippen molar-refractivity contribution in [2.75, 3.05) is 0 Å². The first-order valence-electron chi connectivity index (χ1n) is 5.32. The summed E-state index contributed by atoms with van der Waals surface area (Å²) in [6, 6.07) is 7.62. The van der Waals surface area contributed by atoms with Crippen LogP contribution in [0.2, 0.25) is 10.0 Å². The Morgan fingerprint density at radius 1 is 1.15 bits per heavy atom. The summed E-state index contributed by atoms with van der Waals surface area (Å²) in [6.07, 6.45) is 2.69. The molecule has 0 aliphatic carbocycles. The molecule has 0 radical (unpaired) electrons. The molecule has 0 aliphatic heterocycles. The molecule has 6 nitrogen and oxygen atoms in total. The zero-order chi connectivity index (χ0) is 14.5. The molecule has 2 aromatic rings. The first-order valence-corrected chi connectivity index (χ1v) is 6.07. The van der Waals surface area contributed by atoms with Crippen LogP contribution in [0, 0.1) is 10.1 Å². The van der Waals surface area contributed by atoms with Gasteiger partial charge in [0.1, 0.15) is 4.92 Å². The van der Waals surface area contributed by atoms with E-state index in [0.29, 0.717) is 15.6 Å². The Bertz CT molecular complexity index is 695. The fourth-order valence-electron chi connectivity index (χ4n) is 1.30. The maximum atomic E-state index is 10.4. The molecular formula is C12H7Cl2N3O3. The van der Waals surface area contributed by atoms with Crippen LogP contribution >= 0.6 is 23.2 Å². The molecule has 1 aromatic heterocycles. The third kappa shape index (κ3) is 3.66. The number of benzene rings is 1. The highest BCUT2D eigenvalue weighted by molar-refractivity contribution is 6.36. The topological polar surface area (TPSA) is 81.0 Å². The van der Waals surface area contributed by atoms with Crippen molar-refractivity contribution in [1.82, 2.24) is 0 Å². The van der Waals surface area contributed by atoms with Gasteiger partial charge in [-0.15, -0.1) is 0 Å². The second kappa shape index (κ2) is 6.31. The van der Waals surface area contributed by atoms with Crippen LogP contribution < -0.4 is 0 Å². The number of nitro groups is 1. The zero-order valence-electron chi connectivity index (χ0n) is 9.86. The summed E-state index contributed by atoms with van der Waals surface area (Å²) >= 11 is 11.7. The quantitative estimate of drug-likeness (QED) is 0.487. The molecule has 0 fully saturated rings. The lowest BCUT2D eigenvalue weighted by Crippen LogP contribution is -1.83. The molecule has 1 heterocycles. The van der Waals surface area contributed by atoms with Crippen molar-refractivity contribution in [1.29, 1.82) is 0 Å². The predicted octanol–water partition coefficient (Wildman–Crippen LogP) is 3.95. The van der Waals surface area contributed by atoms with E-state index < -0.39 is 4.92 Å². The van der Waals surface area contributed by atoms with E-state index >= 15 is 0 Å². The molecule has 0 N–H and O–H groups in total. The summed E-state index contributed by atoms with van der Waals surface area (Å²) in [5, 5.41) is 18.9. The molecular weight excluding hydrogens is 305 g/mol. The lowest BCUT2D eigenvalue weighted by molar-refractivity contribution is -0.402. The van der Waals surface area contributed by atoms with E-state index in [-0.39, 0.29) is 11.6 Å². The Labute approximate surface area is 123 Å². The molecule has 2 rings (SSSR count). The van der Waals surface area contributed by atoms with E-state index in [9.17, 15) is 10.1 Å². The van der Waals surface area contributed by atoms with Gasteiger partial charge in [0, 0.05) is 10.6 Å². The second-order valence-corrected chi connectivity index (χ2v) is 4.43. The van der Waals surface area contributed by atoms with Gasteiger partial charge in [0.25, 0.3) is 0 Å². The standard InChI is InChI=1S/C12H7Cl2N3O3/c13-9-2-1-8(11(14)5-9)6-15-16-7-10-3-4-12(20-10)17(18)19/h1-7H/b15-6-,16-7-. The number of nitrogens with zero attached hydrogens (tertiary/aromatic N) is 3. The molecule has 0 aliphatic rings. The number of hydrogen-bond donors (Lipinski definition) is 0. The lowest BCUT2D eigenvalue weighted by Gasteiger charge is -1.96. The molecule has 0 saturated carbocycles. The lowest BCUT2D eigenvalue weighted by atomic mass is 10.2. The van der Waals surface area contributed by atoms with Crippen LogP contribution in [0.1, 0.15) is 11.3 Å². The fourth-order valence-corrected chi connectivity index (χ4v) is 1.76. The van der Waals surface area contributed by atoms with E-state index in [0.717, 1.165) is 0 Å². The number of hydrogen-bond acceptors (Lipinski definition) is 5. The van der Waals surface area contributed by atoms with Crippen molar-refractivity contribution in [3.63, 3.8) is 0 Å². The summed E-state index contributed by atoms with van der Waals surface area (Å²) in [5.74, 6) is -0.118. The van der Waals surface area contributed by atoms with Gasteiger partial charge in [0.2, 0.25) is 0 Å². The highest BCUT2D eigenvalue weighted by Gasteiger charge is 2.09. The predicted molar refractivity (Wildman–Crippen MR) is 77.0 cm³/mol. The third-order valence-corrected chi connectivity index (χ3v) is 2.77. The Balaban J connectivity index is 2.05. The Kier molecular flexibility index (Phi) is 4.49. The molecule has 0 saturated heterocycles. The summed E-state index contributed by atoms with van der Waals surface area (Å²) in [7, 11) is 0. The Morgan fingerprint density at radius 3 is 2.55 bits per heavy atom. The highest BCUT2D eigenvalue weighted by Crippen LogP contribution is 2.19. The van der Waals surface area contributed by atoms with Crippen LogP contribution in [-0.4, -0.2) is 17.4 Å². The van der Waals surface area contributed by atoms with Gasteiger partial charge < -0.3 is 4.42 Å². The molecule has 1 aromatic carbocycles. The minimum Gasteiger partial charge on any atom is -0.400 e. The van der Waals surface area contributed by atoms with Gasteiger partial charge in [0.05, 0.1) is 23.5 Å². The van der Waals surface area contributed by atoms with Gasteiger partial charge in [-0.25, -0.2) is 0 Å². The van der Waals surface area contributed by atoms with E-state index in [1.165, 1.54) is 24.6 Å². The summed E-state index contributed by atoms with van der Waals surface area (Å²) in [4.78, 5) is 9.78. The number of halogens is 2. The van der Waals surface area contributed by atoms with Crippen molar-refractivity contribution in [3.05, 3.63) is 61.8 Å². The van der Waals surface area contributed by atoms with Crippen LogP contribution in [-0.2, 0) is 0 Å². The monoisotopic (exact) mass is 311 g/mol. The van der Waals surface area contributed by atoms with Crippen molar-refractivity contribution < 1.29 is 9.34 Å². The first kappa shape index (κ1) is 14.2. The molecule has 0 bridgehead atoms. The maximum absolute atomic E-state index is 10.4. The van der Waals surface area contributed by atoms with Crippen molar-refractivity contribution in [3.8, 4) is 0 Å². The van der Waals surface area contributed by atoms with Gasteiger partial charge >= 0.3 is 5.88 Å². The SMILES string of the molecule is O=[N+]([O-])c1ccc(/C=N\N=C/c2ccc(Cl)cc2Cl)o1. The normalized spacial score (nSPS) is 11.5. The second-order valence-electron chi connectivity index (χ2n) is 3.59. The van der Waals surface area contributed by atoms with Crippen LogP contribution in [0.15, 0.2) is 45.0 Å². The average molecular weight is 312 g/mol. The smallest absolute Gasteiger partial charge is 0.400 e. The van der Waals surface area contributed by atoms with Crippen molar-refractivity contribution in [2.45, 2.75) is 0 Å². The summed E-state index contributed by atoms with van der Waals surface area (Å²) in [5.41, 5.74) is 0.652. The average Bonchev–Trinajstić information content (AvgIpc) is 2.85. The van der Waals surface area contributed by atoms with E-state index in [1.54, 1.807) is 18.2 Å². The molecule has 0 unspecified atom stereocenters. The molecule has 102 valence electrons. The van der Waals surface area contributed by atoms with E-state index in [1.807, 2.05) is 0 Å². The number of furan rings is 1. The Morgan fingerprint density at radius 2 is 1.90 bits per heavy atom. The van der Waals surface area contributed by atoms with Crippen LogP contribution in [0.25, 0.3) is 0 Å². The largest absolute Gasteiger partial charge is 0.433 e. The van der Waals surface area contributed by atoms with Crippen LogP contribution in [0.5, 0.6) is 0 Å². The van der Waals surface area contributed by atoms with Gasteiger partial charge in [-0.3, -0.25) is 10.1 Å². The van der Waals surface area contributed by atoms with Gasteiger partial charge in [-0.1, -0.05) is 29.3 Å². The van der Waals surface area contributed by atoms with Gasteiger partial charge in [-0.05, 0) is 18.2 Å². The van der Waals surface area contributed by atoms with Gasteiger partial charge in [0.15, 0.2) is 5.76 Å². The summed E-state index contributed by atoms with van der Waals surface area (Å²) in [6.45, 7) is 0. The minimum atomic E-state index is -0.631. The highest BCUT2D eigenvalue weighted by atomic mass is 35.5. The summed E-state index contributed by atoms with van der Waals surface area (Å²) < 4.78 is 4.87. The number of rotatable bonds is 4. The molecule has 20 heavy (non-hydrogen) atoms. The Hall–Kier alpha value is -2.18. The zero-order valence-corrected chi connectivity index (χ0v) is 11.4. The van der Waals surface area contributed by atoms with Crippen molar-refractivity contribution in [2.24, 2.45) is 10.2 Å². The molecule has 0 atom stereocenters. The molecule has 0 spiro atoms. The molecule has 8 heteroatoms. The van der Waals surface area contributed by atoms with Crippen LogP contribution in [0.3, 0.4) is 0 Å². The van der Waals surface area contributed by atoms with E-state index in [4.69, 9.17) is 27.6 Å². The van der Waals surface area contributed by atoms with Crippen molar-refractivity contribution >= 4 is 41.5 Å². The first-order chi connectivity index (χ1) is 9.56. The van der Waals surface area contributed by atoms with Gasteiger partial charge in [-0.2, -0.15) is 10.2 Å². The fraction of sp³-hybridized carbons (Fsp3) is 0. The third-order valence-electron chi connectivity index (χ3n) is 2.20. The maximum Gasteiger partial charge on any atom is 0.433 e.